The van der Waals surface area contributed by atoms with Crippen LogP contribution in [0.25, 0.3) is 0 Å². The van der Waals surface area contributed by atoms with Gasteiger partial charge in [-0.05, 0) is 15.9 Å². The van der Waals surface area contributed by atoms with E-state index in [9.17, 15) is 74.6 Å². The zero-order valence-corrected chi connectivity index (χ0v) is 13.6. The van der Waals surface area contributed by atoms with E-state index in [0.29, 0.717) is 0 Å². The van der Waals surface area contributed by atoms with Crippen molar-refractivity contribution in [2.45, 2.75) is 47.6 Å². The maximum atomic E-state index is 13.2. The summed E-state index contributed by atoms with van der Waals surface area (Å²) in [6, 6.07) is 0. The summed E-state index contributed by atoms with van der Waals surface area (Å²) in [5, 5.41) is 0. The van der Waals surface area contributed by atoms with Gasteiger partial charge in [0.15, 0.2) is 0 Å². The number of rotatable bonds is 7. The number of alkyl halides is 17. The lowest BCUT2D eigenvalue weighted by molar-refractivity contribution is -0.459. The van der Waals surface area contributed by atoms with Gasteiger partial charge in [-0.3, -0.25) is 0 Å². The Bertz CT molecular complexity index is 612. The van der Waals surface area contributed by atoms with Gasteiger partial charge < -0.3 is 0 Å². The summed E-state index contributed by atoms with van der Waals surface area (Å²) in [6.07, 6.45) is -7.76. The third kappa shape index (κ3) is 3.12. The lowest BCUT2D eigenvalue weighted by Gasteiger charge is -2.42. The Morgan fingerprint density at radius 2 is 0.643 bits per heavy atom. The van der Waals surface area contributed by atoms with Gasteiger partial charge in [0.05, 0.1) is 4.48 Å². The number of hydrogen-bond donors (Lipinski definition) is 0. The van der Waals surface area contributed by atoms with Crippen LogP contribution < -0.4 is 0 Å². The second kappa shape index (κ2) is 6.52. The molecule has 0 atom stereocenters. The Morgan fingerprint density at radius 3 is 0.857 bits per heavy atom. The molecule has 0 heterocycles. The molecule has 0 aliphatic heterocycles. The smallest absolute Gasteiger partial charge is 0.193 e. The molecule has 0 aromatic heterocycles. The second-order valence-electron chi connectivity index (χ2n) is 4.92. The highest BCUT2D eigenvalue weighted by Crippen LogP contribution is 2.64. The van der Waals surface area contributed by atoms with Crippen LogP contribution in [-0.4, -0.2) is 47.6 Å². The van der Waals surface area contributed by atoms with Crippen molar-refractivity contribution in [3.05, 3.63) is 11.1 Å². The Labute approximate surface area is 150 Å². The van der Waals surface area contributed by atoms with Gasteiger partial charge >= 0.3 is 47.6 Å². The fourth-order valence-corrected chi connectivity index (χ4v) is 1.58. The van der Waals surface area contributed by atoms with Gasteiger partial charge in [-0.25, -0.2) is 0 Å². The van der Waals surface area contributed by atoms with Crippen LogP contribution in [0.1, 0.15) is 0 Å². The molecule has 0 aromatic carbocycles. The molecule has 0 radical (unpaired) electrons. The van der Waals surface area contributed by atoms with Crippen LogP contribution in [0.15, 0.2) is 11.1 Å². The van der Waals surface area contributed by atoms with E-state index < -0.39 is 52.1 Å². The van der Waals surface area contributed by atoms with Crippen molar-refractivity contribution >= 4 is 15.9 Å². The van der Waals surface area contributed by atoms with Gasteiger partial charge in [-0.1, -0.05) is 6.58 Å². The average Bonchev–Trinajstić information content (AvgIpc) is 2.44. The van der Waals surface area contributed by atoms with Crippen LogP contribution in [0, 0.1) is 0 Å². The molecule has 0 aliphatic rings. The zero-order chi connectivity index (χ0) is 23.6. The van der Waals surface area contributed by atoms with E-state index in [1.54, 1.807) is 0 Å². The maximum absolute atomic E-state index is 13.2. The van der Waals surface area contributed by atoms with Crippen LogP contribution in [0.2, 0.25) is 0 Å². The largest absolute Gasteiger partial charge is 0.460 e. The van der Waals surface area contributed by atoms with Crippen molar-refractivity contribution in [3.8, 4) is 0 Å². The third-order valence-corrected chi connectivity index (χ3v) is 3.56. The predicted octanol–water partition coefficient (Wildman–Crippen LogP) is 6.90. The summed E-state index contributed by atoms with van der Waals surface area (Å²) in [5.41, 5.74) is 0. The van der Waals surface area contributed by atoms with Gasteiger partial charge in [0.2, 0.25) is 0 Å². The van der Waals surface area contributed by atoms with Crippen molar-refractivity contribution in [1.82, 2.24) is 0 Å². The standard InChI is InChI=1S/C10H2BrF17/c1-2(11)3(12,13)4(14,15)5(16,17)6(18,19)7(20,21)8(22,23)9(24,25)10(26,27)28/h1H2. The summed E-state index contributed by atoms with van der Waals surface area (Å²) >= 11 is 1.33. The Hall–Kier alpha value is -0.970. The summed E-state index contributed by atoms with van der Waals surface area (Å²) in [6.45, 7) is 1.88. The first-order chi connectivity index (χ1) is 11.7. The van der Waals surface area contributed by atoms with E-state index in [-0.39, 0.29) is 0 Å². The predicted molar refractivity (Wildman–Crippen MR) is 58.8 cm³/mol. The van der Waals surface area contributed by atoms with E-state index in [1.807, 2.05) is 6.58 Å². The van der Waals surface area contributed by atoms with Gasteiger partial charge in [-0.15, -0.1) is 0 Å². The van der Waals surface area contributed by atoms with E-state index in [0.717, 1.165) is 0 Å². The molecular weight excluding hydrogens is 523 g/mol. The highest BCUT2D eigenvalue weighted by molar-refractivity contribution is 9.11. The second-order valence-corrected chi connectivity index (χ2v) is 5.88. The van der Waals surface area contributed by atoms with E-state index in [4.69, 9.17) is 0 Å². The molecule has 18 heteroatoms. The first kappa shape index (κ1) is 27.0. The lowest BCUT2D eigenvalue weighted by Crippen LogP contribution is -2.74. The molecule has 28 heavy (non-hydrogen) atoms. The molecule has 0 nitrogen and oxygen atoms in total. The molecule has 0 N–H and O–H groups in total. The van der Waals surface area contributed by atoms with Crippen LogP contribution >= 0.6 is 15.9 Å². The van der Waals surface area contributed by atoms with E-state index in [2.05, 4.69) is 0 Å². The van der Waals surface area contributed by atoms with Crippen LogP contribution in [0.4, 0.5) is 74.6 Å². The Morgan fingerprint density at radius 1 is 0.429 bits per heavy atom. The van der Waals surface area contributed by atoms with Crippen LogP contribution in [-0.2, 0) is 0 Å². The highest BCUT2D eigenvalue weighted by atomic mass is 79.9. The minimum absolute atomic E-state index is 1.33. The van der Waals surface area contributed by atoms with Gasteiger partial charge in [0.25, 0.3) is 0 Å². The molecule has 0 spiro atoms. The summed E-state index contributed by atoms with van der Waals surface area (Å²) < 4.78 is 214. The third-order valence-electron chi connectivity index (χ3n) is 3.06. The minimum atomic E-state index is -8.62. The summed E-state index contributed by atoms with van der Waals surface area (Å²) in [5.74, 6) is -56.4. The van der Waals surface area contributed by atoms with Crippen molar-refractivity contribution in [2.24, 2.45) is 0 Å². The fourth-order valence-electron chi connectivity index (χ4n) is 1.33. The van der Waals surface area contributed by atoms with Gasteiger partial charge in [0, 0.05) is 0 Å². The van der Waals surface area contributed by atoms with Gasteiger partial charge in [0.1, 0.15) is 0 Å². The quantitative estimate of drug-likeness (QED) is 0.318. The Balaban J connectivity index is 6.76. The molecule has 0 saturated carbocycles. The van der Waals surface area contributed by atoms with Gasteiger partial charge in [-0.2, -0.15) is 74.6 Å². The first-order valence-electron chi connectivity index (χ1n) is 5.76. The number of halogens is 18. The topological polar surface area (TPSA) is 0 Å². The highest BCUT2D eigenvalue weighted by Gasteiger charge is 2.95. The SMILES string of the molecule is C=C(Br)C(F)(F)C(F)(F)C(F)(F)C(F)(F)C(F)(F)C(F)(F)C(F)(F)C(F)(F)F. The molecule has 0 amide bonds. The van der Waals surface area contributed by atoms with Crippen molar-refractivity contribution < 1.29 is 74.6 Å². The maximum Gasteiger partial charge on any atom is 0.460 e. The molecule has 168 valence electrons. The van der Waals surface area contributed by atoms with Crippen LogP contribution in [0.3, 0.4) is 0 Å². The van der Waals surface area contributed by atoms with Crippen molar-refractivity contribution in [3.63, 3.8) is 0 Å². The van der Waals surface area contributed by atoms with Crippen molar-refractivity contribution in [1.29, 1.82) is 0 Å². The zero-order valence-electron chi connectivity index (χ0n) is 12.0. The average molecular weight is 525 g/mol. The minimum Gasteiger partial charge on any atom is -0.193 e. The molecule has 0 fully saturated rings. The number of allylic oxidation sites excluding steroid dienone is 1. The normalized spacial score (nSPS) is 16.4. The molecule has 0 unspecified atom stereocenters. The molecule has 0 rings (SSSR count). The monoisotopic (exact) mass is 524 g/mol. The van der Waals surface area contributed by atoms with E-state index >= 15 is 0 Å². The molecule has 0 aliphatic carbocycles. The van der Waals surface area contributed by atoms with Crippen LogP contribution in [0.5, 0.6) is 0 Å². The molecule has 0 saturated heterocycles. The Kier molecular flexibility index (Phi) is 6.29. The fraction of sp³-hybridized carbons (Fsp3) is 0.800. The molecule has 0 aromatic rings. The van der Waals surface area contributed by atoms with Crippen molar-refractivity contribution in [2.75, 3.05) is 0 Å². The molecular formula is C10H2BrF17. The number of hydrogen-bond acceptors (Lipinski definition) is 0. The van der Waals surface area contributed by atoms with E-state index in [1.165, 1.54) is 15.9 Å². The summed E-state index contributed by atoms with van der Waals surface area (Å²) in [7, 11) is 0. The molecule has 0 bridgehead atoms. The lowest BCUT2D eigenvalue weighted by atomic mass is 9.89. The first-order valence-corrected chi connectivity index (χ1v) is 6.55. The summed E-state index contributed by atoms with van der Waals surface area (Å²) in [4.78, 5) is 0.